The van der Waals surface area contributed by atoms with Gasteiger partial charge in [-0.15, -0.1) is 0 Å². The molecule has 1 aliphatic heterocycles. The number of aromatic hydroxyl groups is 2. The molecule has 2 heterocycles. The lowest BCUT2D eigenvalue weighted by atomic mass is 9.93. The van der Waals surface area contributed by atoms with Crippen molar-refractivity contribution in [1.82, 2.24) is 0 Å². The molecule has 0 saturated carbocycles. The van der Waals surface area contributed by atoms with Gasteiger partial charge < -0.3 is 19.4 Å². The number of hydrogen-bond acceptors (Lipinski definition) is 5. The Morgan fingerprint density at radius 1 is 1.13 bits per heavy atom. The van der Waals surface area contributed by atoms with E-state index in [-0.39, 0.29) is 33.7 Å². The van der Waals surface area contributed by atoms with Gasteiger partial charge in [0.15, 0.2) is 11.3 Å². The summed E-state index contributed by atoms with van der Waals surface area (Å²) in [5.74, 6) is 0.207. The second-order valence-corrected chi connectivity index (χ2v) is 6.56. The van der Waals surface area contributed by atoms with E-state index in [9.17, 15) is 15.0 Å². The quantitative estimate of drug-likeness (QED) is 0.621. The van der Waals surface area contributed by atoms with E-state index in [0.29, 0.717) is 16.5 Å². The van der Waals surface area contributed by atoms with E-state index >= 15 is 0 Å². The summed E-state index contributed by atoms with van der Waals surface area (Å²) in [6, 6.07) is 6.05. The fraction of sp³-hybridized carbons (Fsp3) is 0.278. The molecule has 5 heteroatoms. The number of aryl methyl sites for hydroxylation is 1. The maximum atomic E-state index is 12.7. The Bertz CT molecular complexity index is 1010. The number of phenols is 2. The van der Waals surface area contributed by atoms with E-state index in [1.54, 1.807) is 6.07 Å². The smallest absolute Gasteiger partial charge is 0.202 e. The van der Waals surface area contributed by atoms with Gasteiger partial charge in [-0.2, -0.15) is 0 Å². The molecule has 23 heavy (non-hydrogen) atoms. The summed E-state index contributed by atoms with van der Waals surface area (Å²) < 4.78 is 11.6. The Labute approximate surface area is 131 Å². The summed E-state index contributed by atoms with van der Waals surface area (Å²) in [4.78, 5) is 12.7. The highest BCUT2D eigenvalue weighted by Gasteiger charge is 2.30. The molecular formula is C18H16O5. The lowest BCUT2D eigenvalue weighted by Crippen LogP contribution is -2.32. The van der Waals surface area contributed by atoms with Crippen molar-refractivity contribution in [1.29, 1.82) is 0 Å². The number of benzene rings is 2. The third-order valence-corrected chi connectivity index (χ3v) is 4.33. The third kappa shape index (κ3) is 2.04. The van der Waals surface area contributed by atoms with Gasteiger partial charge >= 0.3 is 0 Å². The zero-order valence-electron chi connectivity index (χ0n) is 12.8. The molecule has 0 fully saturated rings. The van der Waals surface area contributed by atoms with Crippen LogP contribution in [0.3, 0.4) is 0 Å². The first-order valence-electron chi connectivity index (χ1n) is 7.49. The molecule has 0 saturated heterocycles. The van der Waals surface area contributed by atoms with Crippen LogP contribution in [0.2, 0.25) is 0 Å². The average molecular weight is 312 g/mol. The molecule has 0 amide bonds. The van der Waals surface area contributed by atoms with Crippen LogP contribution in [0.1, 0.15) is 25.8 Å². The first-order chi connectivity index (χ1) is 10.9. The van der Waals surface area contributed by atoms with Gasteiger partial charge in [0, 0.05) is 6.07 Å². The monoisotopic (exact) mass is 312 g/mol. The number of fused-ring (bicyclic) bond motifs is 3. The van der Waals surface area contributed by atoms with Crippen LogP contribution in [0.4, 0.5) is 0 Å². The molecule has 0 aliphatic carbocycles. The Balaban J connectivity index is 2.11. The Morgan fingerprint density at radius 2 is 1.91 bits per heavy atom. The largest absolute Gasteiger partial charge is 0.508 e. The van der Waals surface area contributed by atoms with Crippen LogP contribution in [0.25, 0.3) is 21.9 Å². The van der Waals surface area contributed by atoms with Gasteiger partial charge in [0.1, 0.15) is 16.9 Å². The first-order valence-corrected chi connectivity index (χ1v) is 7.49. The van der Waals surface area contributed by atoms with Gasteiger partial charge in [0.05, 0.1) is 10.8 Å². The molecule has 1 aromatic heterocycles. The number of rotatable bonds is 0. The summed E-state index contributed by atoms with van der Waals surface area (Å²) in [6.07, 6.45) is 1.52. The zero-order valence-corrected chi connectivity index (χ0v) is 12.8. The summed E-state index contributed by atoms with van der Waals surface area (Å²) in [6.45, 7) is 3.91. The summed E-state index contributed by atoms with van der Waals surface area (Å²) in [5, 5.41) is 20.8. The molecule has 0 bridgehead atoms. The first kappa shape index (κ1) is 13.9. The normalized spacial score (nSPS) is 16.3. The average Bonchev–Trinajstić information content (AvgIpc) is 2.49. The predicted octanol–water partition coefficient (Wildman–Crippen LogP) is 3.46. The zero-order chi connectivity index (χ0) is 16.4. The number of phenolic OH excluding ortho intramolecular Hbond substituents is 2. The van der Waals surface area contributed by atoms with E-state index in [1.165, 1.54) is 18.2 Å². The molecule has 5 nitrogen and oxygen atoms in total. The van der Waals surface area contributed by atoms with Crippen LogP contribution < -0.4 is 10.2 Å². The minimum absolute atomic E-state index is 0.00478. The van der Waals surface area contributed by atoms with Gasteiger partial charge in [0.2, 0.25) is 11.2 Å². The van der Waals surface area contributed by atoms with Gasteiger partial charge in [-0.1, -0.05) is 0 Å². The summed E-state index contributed by atoms with van der Waals surface area (Å²) in [7, 11) is 0. The number of hydrogen-bond donors (Lipinski definition) is 2. The van der Waals surface area contributed by atoms with Gasteiger partial charge in [-0.25, -0.2) is 0 Å². The van der Waals surface area contributed by atoms with Crippen molar-refractivity contribution in [3.05, 3.63) is 40.1 Å². The van der Waals surface area contributed by atoms with E-state index in [2.05, 4.69) is 0 Å². The van der Waals surface area contributed by atoms with Crippen molar-refractivity contribution in [3.63, 3.8) is 0 Å². The second-order valence-electron chi connectivity index (χ2n) is 6.56. The van der Waals surface area contributed by atoms with E-state index in [1.807, 2.05) is 13.8 Å². The van der Waals surface area contributed by atoms with Crippen LogP contribution in [0.15, 0.2) is 33.5 Å². The summed E-state index contributed by atoms with van der Waals surface area (Å²) >= 11 is 0. The topological polar surface area (TPSA) is 79.9 Å². The molecule has 2 N–H and O–H groups in total. The molecular weight excluding hydrogens is 296 g/mol. The molecule has 0 radical (unpaired) electrons. The fourth-order valence-corrected chi connectivity index (χ4v) is 3.06. The highest BCUT2D eigenvalue weighted by Crippen LogP contribution is 2.44. The van der Waals surface area contributed by atoms with E-state index in [0.717, 1.165) is 18.4 Å². The fourth-order valence-electron chi connectivity index (χ4n) is 3.06. The van der Waals surface area contributed by atoms with Crippen molar-refractivity contribution >= 4 is 21.9 Å². The van der Waals surface area contributed by atoms with E-state index < -0.39 is 0 Å². The lowest BCUT2D eigenvalue weighted by Gasteiger charge is -2.33. The van der Waals surface area contributed by atoms with Crippen molar-refractivity contribution in [2.45, 2.75) is 32.3 Å². The minimum atomic E-state index is -0.381. The molecule has 2 aromatic carbocycles. The highest BCUT2D eigenvalue weighted by atomic mass is 16.5. The van der Waals surface area contributed by atoms with Gasteiger partial charge in [-0.05, 0) is 50.5 Å². The molecule has 0 unspecified atom stereocenters. The maximum Gasteiger partial charge on any atom is 0.202 e. The molecule has 1 aliphatic rings. The SMILES string of the molecule is CC1(C)CCc2cc3c(=O)c4ccc(O)cc4oc3c(O)c2O1. The van der Waals surface area contributed by atoms with Crippen molar-refractivity contribution < 1.29 is 19.4 Å². The second kappa shape index (κ2) is 4.41. The maximum absolute atomic E-state index is 12.7. The number of ether oxygens (including phenoxy) is 1. The van der Waals surface area contributed by atoms with Crippen molar-refractivity contribution in [3.8, 4) is 17.2 Å². The Kier molecular flexibility index (Phi) is 2.67. The van der Waals surface area contributed by atoms with Crippen LogP contribution in [0, 0.1) is 0 Å². The summed E-state index contributed by atoms with van der Waals surface area (Å²) in [5.41, 5.74) is 0.509. The van der Waals surface area contributed by atoms with Crippen LogP contribution in [0.5, 0.6) is 17.2 Å². The molecule has 3 aromatic rings. The minimum Gasteiger partial charge on any atom is -0.508 e. The van der Waals surface area contributed by atoms with Crippen LogP contribution in [-0.2, 0) is 6.42 Å². The molecule has 0 spiro atoms. The highest BCUT2D eigenvalue weighted by molar-refractivity contribution is 5.94. The molecule has 4 rings (SSSR count). The Morgan fingerprint density at radius 3 is 2.70 bits per heavy atom. The predicted molar refractivity (Wildman–Crippen MR) is 86.3 cm³/mol. The standard InChI is InChI=1S/C18H16O5/c1-18(2)6-5-9-7-12-14(20)11-4-3-10(19)8-13(11)22-17(12)15(21)16(9)23-18/h3-4,7-8,19,21H,5-6H2,1-2H3. The van der Waals surface area contributed by atoms with E-state index in [4.69, 9.17) is 9.15 Å². The Hall–Kier alpha value is -2.69. The van der Waals surface area contributed by atoms with Crippen molar-refractivity contribution in [2.24, 2.45) is 0 Å². The van der Waals surface area contributed by atoms with Gasteiger partial charge in [-0.3, -0.25) is 4.79 Å². The molecule has 0 atom stereocenters. The third-order valence-electron chi connectivity index (χ3n) is 4.33. The van der Waals surface area contributed by atoms with Crippen LogP contribution >= 0.6 is 0 Å². The van der Waals surface area contributed by atoms with Crippen molar-refractivity contribution in [2.75, 3.05) is 0 Å². The lowest BCUT2D eigenvalue weighted by molar-refractivity contribution is 0.0808. The van der Waals surface area contributed by atoms with Gasteiger partial charge in [0.25, 0.3) is 0 Å². The van der Waals surface area contributed by atoms with Crippen LogP contribution in [-0.4, -0.2) is 15.8 Å². The molecule has 118 valence electrons.